The molecule has 0 saturated heterocycles. The van der Waals surface area contributed by atoms with Crippen molar-refractivity contribution in [3.8, 4) is 23.1 Å². The number of hydrogen-bond donors (Lipinski definition) is 0. The normalized spacial score (nSPS) is 12.4. The van der Waals surface area contributed by atoms with Crippen molar-refractivity contribution in [1.82, 2.24) is 14.6 Å². The SMILES string of the molecule is N#Cc1cnn2cc3c(nc12)-c1ccccc1OC3. The van der Waals surface area contributed by atoms with Crippen molar-refractivity contribution in [1.29, 1.82) is 5.26 Å². The van der Waals surface area contributed by atoms with Crippen molar-refractivity contribution in [2.75, 3.05) is 0 Å². The van der Waals surface area contributed by atoms with E-state index in [0.29, 0.717) is 17.8 Å². The minimum atomic E-state index is 0.469. The number of rotatable bonds is 0. The van der Waals surface area contributed by atoms with E-state index < -0.39 is 0 Å². The van der Waals surface area contributed by atoms with Gasteiger partial charge in [-0.05, 0) is 12.1 Å². The van der Waals surface area contributed by atoms with Crippen LogP contribution in [-0.2, 0) is 6.61 Å². The van der Waals surface area contributed by atoms with Crippen LogP contribution < -0.4 is 4.74 Å². The smallest absolute Gasteiger partial charge is 0.173 e. The van der Waals surface area contributed by atoms with Crippen molar-refractivity contribution in [2.24, 2.45) is 0 Å². The van der Waals surface area contributed by atoms with Gasteiger partial charge < -0.3 is 4.74 Å². The predicted octanol–water partition coefficient (Wildman–Crippen LogP) is 2.16. The molecule has 3 aromatic rings. The molecule has 1 aliphatic rings. The number of para-hydroxylation sites is 1. The summed E-state index contributed by atoms with van der Waals surface area (Å²) in [6, 6.07) is 9.88. The molecule has 90 valence electrons. The maximum atomic E-state index is 9.06. The monoisotopic (exact) mass is 248 g/mol. The topological polar surface area (TPSA) is 63.2 Å². The molecule has 4 rings (SSSR count). The summed E-state index contributed by atoms with van der Waals surface area (Å²) in [6.45, 7) is 0.469. The molecule has 0 bridgehead atoms. The van der Waals surface area contributed by atoms with E-state index in [0.717, 1.165) is 22.6 Å². The number of fused-ring (bicyclic) bond motifs is 4. The van der Waals surface area contributed by atoms with Gasteiger partial charge in [-0.15, -0.1) is 0 Å². The maximum absolute atomic E-state index is 9.06. The Morgan fingerprint density at radius 2 is 2.21 bits per heavy atom. The number of benzene rings is 1. The minimum Gasteiger partial charge on any atom is -0.488 e. The summed E-state index contributed by atoms with van der Waals surface area (Å²) < 4.78 is 7.31. The molecule has 0 radical (unpaired) electrons. The van der Waals surface area contributed by atoms with Crippen LogP contribution in [0.1, 0.15) is 11.1 Å². The second kappa shape index (κ2) is 3.56. The van der Waals surface area contributed by atoms with E-state index >= 15 is 0 Å². The zero-order chi connectivity index (χ0) is 12.8. The Labute approximate surface area is 108 Å². The lowest BCUT2D eigenvalue weighted by Crippen LogP contribution is -2.09. The molecule has 5 heteroatoms. The van der Waals surface area contributed by atoms with E-state index in [1.807, 2.05) is 30.5 Å². The van der Waals surface area contributed by atoms with Gasteiger partial charge in [-0.1, -0.05) is 12.1 Å². The summed E-state index contributed by atoms with van der Waals surface area (Å²) in [5.41, 5.74) is 3.85. The lowest BCUT2D eigenvalue weighted by Gasteiger charge is -2.19. The van der Waals surface area contributed by atoms with E-state index in [-0.39, 0.29) is 0 Å². The average molecular weight is 248 g/mol. The predicted molar refractivity (Wildman–Crippen MR) is 67.5 cm³/mol. The Bertz CT molecular complexity index is 844. The van der Waals surface area contributed by atoms with E-state index in [1.54, 1.807) is 4.52 Å². The molecule has 0 fully saturated rings. The molecule has 0 amide bonds. The van der Waals surface area contributed by atoms with Crippen LogP contribution in [-0.4, -0.2) is 14.6 Å². The van der Waals surface area contributed by atoms with Crippen LogP contribution in [0.15, 0.2) is 36.7 Å². The molecule has 3 heterocycles. The molecule has 0 unspecified atom stereocenters. The van der Waals surface area contributed by atoms with Gasteiger partial charge in [0.05, 0.1) is 11.9 Å². The van der Waals surface area contributed by atoms with Gasteiger partial charge in [0, 0.05) is 17.3 Å². The number of nitriles is 1. The van der Waals surface area contributed by atoms with Crippen LogP contribution in [0.5, 0.6) is 5.75 Å². The summed E-state index contributed by atoms with van der Waals surface area (Å²) >= 11 is 0. The highest BCUT2D eigenvalue weighted by atomic mass is 16.5. The fraction of sp³-hybridized carbons (Fsp3) is 0.0714. The van der Waals surface area contributed by atoms with Gasteiger partial charge in [-0.3, -0.25) is 0 Å². The highest BCUT2D eigenvalue weighted by molar-refractivity contribution is 5.73. The van der Waals surface area contributed by atoms with Gasteiger partial charge in [-0.25, -0.2) is 9.50 Å². The zero-order valence-corrected chi connectivity index (χ0v) is 9.87. The van der Waals surface area contributed by atoms with E-state index in [1.165, 1.54) is 6.20 Å². The molecular weight excluding hydrogens is 240 g/mol. The van der Waals surface area contributed by atoms with Crippen LogP contribution in [0, 0.1) is 11.3 Å². The van der Waals surface area contributed by atoms with Crippen molar-refractivity contribution in [3.63, 3.8) is 0 Å². The van der Waals surface area contributed by atoms with E-state index in [4.69, 9.17) is 10.00 Å². The van der Waals surface area contributed by atoms with Gasteiger partial charge in [0.2, 0.25) is 0 Å². The Hall–Kier alpha value is -2.87. The third-order valence-corrected chi connectivity index (χ3v) is 3.21. The number of aromatic nitrogens is 3. The first-order valence-corrected chi connectivity index (χ1v) is 5.86. The van der Waals surface area contributed by atoms with Gasteiger partial charge in [0.25, 0.3) is 0 Å². The van der Waals surface area contributed by atoms with Crippen molar-refractivity contribution in [2.45, 2.75) is 6.61 Å². The van der Waals surface area contributed by atoms with Crippen LogP contribution >= 0.6 is 0 Å². The Balaban J connectivity index is 2.07. The molecular formula is C14H8N4O. The maximum Gasteiger partial charge on any atom is 0.173 e. The Morgan fingerprint density at radius 3 is 3.11 bits per heavy atom. The summed E-state index contributed by atoms with van der Waals surface area (Å²) in [6.07, 6.45) is 3.40. The van der Waals surface area contributed by atoms with E-state index in [2.05, 4.69) is 16.2 Å². The summed E-state index contributed by atoms with van der Waals surface area (Å²) in [7, 11) is 0. The quantitative estimate of drug-likeness (QED) is 0.611. The van der Waals surface area contributed by atoms with Gasteiger partial charge in [0.15, 0.2) is 5.65 Å². The first-order valence-electron chi connectivity index (χ1n) is 5.86. The first-order chi connectivity index (χ1) is 9.36. The number of nitrogens with zero attached hydrogens (tertiary/aromatic N) is 4. The largest absolute Gasteiger partial charge is 0.488 e. The lowest BCUT2D eigenvalue weighted by molar-refractivity contribution is 0.300. The van der Waals surface area contributed by atoms with Gasteiger partial charge in [-0.2, -0.15) is 10.4 Å². The van der Waals surface area contributed by atoms with Crippen molar-refractivity contribution >= 4 is 5.65 Å². The van der Waals surface area contributed by atoms with Crippen molar-refractivity contribution < 1.29 is 4.74 Å². The lowest BCUT2D eigenvalue weighted by atomic mass is 10.0. The average Bonchev–Trinajstić information content (AvgIpc) is 2.87. The number of hydrogen-bond acceptors (Lipinski definition) is 4. The van der Waals surface area contributed by atoms with E-state index in [9.17, 15) is 0 Å². The molecule has 19 heavy (non-hydrogen) atoms. The van der Waals surface area contributed by atoms with Crippen LogP contribution in [0.25, 0.3) is 16.9 Å². The first kappa shape index (κ1) is 10.1. The summed E-state index contributed by atoms with van der Waals surface area (Å²) in [4.78, 5) is 4.59. The molecule has 5 nitrogen and oxygen atoms in total. The standard InChI is InChI=1S/C14H8N4O/c15-5-9-6-16-18-7-10-8-19-12-4-2-1-3-11(12)13(10)17-14(9)18/h1-4,6-7H,8H2. The second-order valence-corrected chi connectivity index (χ2v) is 4.34. The molecule has 1 aromatic carbocycles. The molecule has 0 spiro atoms. The second-order valence-electron chi connectivity index (χ2n) is 4.34. The highest BCUT2D eigenvalue weighted by Gasteiger charge is 2.20. The van der Waals surface area contributed by atoms with Crippen LogP contribution in [0.2, 0.25) is 0 Å². The van der Waals surface area contributed by atoms with Crippen LogP contribution in [0.4, 0.5) is 0 Å². The Kier molecular flexibility index (Phi) is 1.89. The van der Waals surface area contributed by atoms with Gasteiger partial charge in [0.1, 0.15) is 24.0 Å². The molecule has 0 aliphatic carbocycles. The third kappa shape index (κ3) is 1.34. The summed E-state index contributed by atoms with van der Waals surface area (Å²) in [5.74, 6) is 0.824. The van der Waals surface area contributed by atoms with Crippen LogP contribution in [0.3, 0.4) is 0 Å². The van der Waals surface area contributed by atoms with Gasteiger partial charge >= 0.3 is 0 Å². The third-order valence-electron chi connectivity index (χ3n) is 3.21. The fourth-order valence-electron chi connectivity index (χ4n) is 2.31. The summed E-state index contributed by atoms with van der Waals surface area (Å²) in [5, 5.41) is 13.2. The molecule has 1 aliphatic heterocycles. The molecule has 2 aromatic heterocycles. The Morgan fingerprint density at radius 1 is 1.32 bits per heavy atom. The highest BCUT2D eigenvalue weighted by Crippen LogP contribution is 2.36. The minimum absolute atomic E-state index is 0.469. The number of ether oxygens (including phenoxy) is 1. The molecule has 0 atom stereocenters. The molecule has 0 N–H and O–H groups in total. The van der Waals surface area contributed by atoms with Crippen molar-refractivity contribution in [3.05, 3.63) is 47.8 Å². The molecule has 0 saturated carbocycles. The zero-order valence-electron chi connectivity index (χ0n) is 9.87. The fourth-order valence-corrected chi connectivity index (χ4v) is 2.31.